The summed E-state index contributed by atoms with van der Waals surface area (Å²) in [5.74, 6) is 0.822. The van der Waals surface area contributed by atoms with Gasteiger partial charge in [0, 0.05) is 50.0 Å². The lowest BCUT2D eigenvalue weighted by Gasteiger charge is -2.33. The van der Waals surface area contributed by atoms with Crippen LogP contribution in [0.3, 0.4) is 0 Å². The predicted octanol–water partition coefficient (Wildman–Crippen LogP) is 5.27. The van der Waals surface area contributed by atoms with Crippen LogP contribution in [-0.2, 0) is 11.2 Å². The monoisotopic (exact) mass is 486 g/mol. The molecule has 1 aliphatic heterocycles. The average Bonchev–Trinajstić information content (AvgIpc) is 2.85. The van der Waals surface area contributed by atoms with E-state index in [4.69, 9.17) is 4.74 Å². The highest BCUT2D eigenvalue weighted by Crippen LogP contribution is 2.27. The zero-order chi connectivity index (χ0) is 25.7. The number of ketones is 1. The molecule has 2 aromatic carbocycles. The number of hydrogen-bond acceptors (Lipinski definition) is 6. The van der Waals surface area contributed by atoms with Gasteiger partial charge in [-0.05, 0) is 68.8 Å². The molecule has 0 unspecified atom stereocenters. The molecule has 0 radical (unpaired) electrons. The van der Waals surface area contributed by atoms with Gasteiger partial charge >= 0.3 is 6.09 Å². The lowest BCUT2D eigenvalue weighted by molar-refractivity contribution is 0.0635. The number of carbonyl (C=O) groups excluding carboxylic acids is 2. The molecule has 2 heterocycles. The van der Waals surface area contributed by atoms with Gasteiger partial charge in [-0.2, -0.15) is 0 Å². The molecule has 7 heteroatoms. The van der Waals surface area contributed by atoms with E-state index < -0.39 is 11.7 Å². The molecule has 1 saturated heterocycles. The number of ether oxygens (including phenoxy) is 1. The first-order valence-corrected chi connectivity index (χ1v) is 12.3. The van der Waals surface area contributed by atoms with Crippen LogP contribution in [0.5, 0.6) is 0 Å². The Morgan fingerprint density at radius 2 is 1.67 bits per heavy atom. The third-order valence-electron chi connectivity index (χ3n) is 6.10. The molecule has 4 rings (SSSR count). The predicted molar refractivity (Wildman–Crippen MR) is 144 cm³/mol. The van der Waals surface area contributed by atoms with E-state index in [9.17, 15) is 9.59 Å². The van der Waals surface area contributed by atoms with Gasteiger partial charge in [0.15, 0.2) is 5.78 Å². The Kier molecular flexibility index (Phi) is 7.70. The maximum Gasteiger partial charge on any atom is 0.412 e. The van der Waals surface area contributed by atoms with Crippen LogP contribution in [0.4, 0.5) is 16.3 Å². The first kappa shape index (κ1) is 25.4. The Morgan fingerprint density at radius 3 is 2.31 bits per heavy atom. The van der Waals surface area contributed by atoms with Crippen LogP contribution in [-0.4, -0.2) is 60.6 Å². The molecule has 1 amide bonds. The number of carbonyl (C=O) groups is 2. The van der Waals surface area contributed by atoms with E-state index in [1.807, 2.05) is 81.4 Å². The Hall–Kier alpha value is -3.71. The number of piperazine rings is 1. The van der Waals surface area contributed by atoms with Crippen LogP contribution in [0.15, 0.2) is 66.9 Å². The second-order valence-corrected chi connectivity index (χ2v) is 10.2. The molecule has 1 fully saturated rings. The van der Waals surface area contributed by atoms with Crippen molar-refractivity contribution in [3.05, 3.63) is 78.0 Å². The summed E-state index contributed by atoms with van der Waals surface area (Å²) in [6.45, 7) is 9.27. The molecule has 1 aliphatic rings. The van der Waals surface area contributed by atoms with Gasteiger partial charge in [-0.25, -0.2) is 9.78 Å². The number of amides is 1. The third-order valence-corrected chi connectivity index (χ3v) is 6.10. The van der Waals surface area contributed by atoms with Crippen LogP contribution in [0, 0.1) is 0 Å². The van der Waals surface area contributed by atoms with Crippen LogP contribution in [0.1, 0.15) is 36.7 Å². The summed E-state index contributed by atoms with van der Waals surface area (Å²) >= 11 is 0. The summed E-state index contributed by atoms with van der Waals surface area (Å²) in [6, 6.07) is 19.4. The van der Waals surface area contributed by atoms with Crippen LogP contribution >= 0.6 is 0 Å². The van der Waals surface area contributed by atoms with E-state index in [0.29, 0.717) is 11.3 Å². The van der Waals surface area contributed by atoms with Gasteiger partial charge in [0.1, 0.15) is 11.4 Å². The lowest BCUT2D eigenvalue weighted by atomic mass is 9.97. The van der Waals surface area contributed by atoms with Crippen molar-refractivity contribution >= 4 is 23.4 Å². The van der Waals surface area contributed by atoms with Crippen molar-refractivity contribution in [2.24, 2.45) is 0 Å². The molecule has 0 atom stereocenters. The van der Waals surface area contributed by atoms with Gasteiger partial charge in [-0.3, -0.25) is 10.1 Å². The largest absolute Gasteiger partial charge is 0.444 e. The van der Waals surface area contributed by atoms with Gasteiger partial charge in [-0.1, -0.05) is 36.4 Å². The fourth-order valence-corrected chi connectivity index (χ4v) is 4.13. The minimum Gasteiger partial charge on any atom is -0.444 e. The fraction of sp³-hybridized carbons (Fsp3) is 0.345. The minimum atomic E-state index is -0.624. The van der Waals surface area contributed by atoms with Crippen molar-refractivity contribution in [2.75, 3.05) is 43.4 Å². The molecule has 7 nitrogen and oxygen atoms in total. The van der Waals surface area contributed by atoms with E-state index >= 15 is 0 Å². The zero-order valence-electron chi connectivity index (χ0n) is 21.5. The second kappa shape index (κ2) is 10.9. The van der Waals surface area contributed by atoms with Gasteiger partial charge in [0.2, 0.25) is 0 Å². The van der Waals surface area contributed by atoms with Crippen molar-refractivity contribution < 1.29 is 14.3 Å². The Morgan fingerprint density at radius 1 is 0.944 bits per heavy atom. The van der Waals surface area contributed by atoms with E-state index in [0.717, 1.165) is 48.7 Å². The summed E-state index contributed by atoms with van der Waals surface area (Å²) in [5.41, 5.74) is 3.20. The van der Waals surface area contributed by atoms with E-state index in [1.54, 1.807) is 6.20 Å². The van der Waals surface area contributed by atoms with E-state index in [-0.39, 0.29) is 12.2 Å². The average molecular weight is 487 g/mol. The van der Waals surface area contributed by atoms with E-state index in [1.165, 1.54) is 0 Å². The highest BCUT2D eigenvalue weighted by Gasteiger charge is 2.20. The summed E-state index contributed by atoms with van der Waals surface area (Å²) in [7, 11) is 2.12. The molecule has 0 saturated carbocycles. The van der Waals surface area contributed by atoms with Crippen molar-refractivity contribution in [3.8, 4) is 11.1 Å². The first-order valence-electron chi connectivity index (χ1n) is 12.3. The van der Waals surface area contributed by atoms with Crippen molar-refractivity contribution in [1.82, 2.24) is 9.88 Å². The van der Waals surface area contributed by atoms with Crippen molar-refractivity contribution in [2.45, 2.75) is 32.8 Å². The van der Waals surface area contributed by atoms with Gasteiger partial charge in [0.25, 0.3) is 0 Å². The highest BCUT2D eigenvalue weighted by molar-refractivity contribution is 5.99. The molecule has 1 aromatic heterocycles. The summed E-state index contributed by atoms with van der Waals surface area (Å²) in [4.78, 5) is 34.8. The van der Waals surface area contributed by atoms with Crippen LogP contribution < -0.4 is 10.2 Å². The molecule has 0 spiro atoms. The number of nitrogens with one attached hydrogen (secondary N) is 1. The number of aromatic nitrogens is 1. The lowest BCUT2D eigenvalue weighted by Crippen LogP contribution is -2.44. The molecule has 188 valence electrons. The second-order valence-electron chi connectivity index (χ2n) is 10.2. The Balaban J connectivity index is 1.55. The van der Waals surface area contributed by atoms with Gasteiger partial charge < -0.3 is 14.5 Å². The Bertz CT molecular complexity index is 1200. The summed E-state index contributed by atoms with van der Waals surface area (Å²) in [5, 5.41) is 2.82. The molecule has 0 aliphatic carbocycles. The third kappa shape index (κ3) is 6.70. The number of benzene rings is 2. The van der Waals surface area contributed by atoms with Gasteiger partial charge in [-0.15, -0.1) is 0 Å². The zero-order valence-corrected chi connectivity index (χ0v) is 21.5. The maximum absolute atomic E-state index is 13.3. The molecule has 0 bridgehead atoms. The van der Waals surface area contributed by atoms with Crippen molar-refractivity contribution in [1.29, 1.82) is 0 Å². The van der Waals surface area contributed by atoms with Crippen LogP contribution in [0.2, 0.25) is 0 Å². The summed E-state index contributed by atoms with van der Waals surface area (Å²) in [6.07, 6.45) is 1.22. The number of likely N-dealkylation sites (N-methyl/N-ethyl adjacent to an activating group) is 1. The quantitative estimate of drug-likeness (QED) is 0.478. The fourth-order valence-electron chi connectivity index (χ4n) is 4.13. The number of Topliss-reactive ketones (excluding diaryl/α,β-unsaturated/α-hetero) is 1. The van der Waals surface area contributed by atoms with Gasteiger partial charge in [0.05, 0.1) is 0 Å². The summed E-state index contributed by atoms with van der Waals surface area (Å²) < 4.78 is 5.43. The SMILES string of the molecule is CN1CCN(c2ccc(C(=O)Cc3cc(-c4ccccc4)ccc3NC(=O)OC(C)(C)C)cn2)CC1. The Labute approximate surface area is 213 Å². The number of anilines is 2. The topological polar surface area (TPSA) is 74.8 Å². The number of hydrogen-bond donors (Lipinski definition) is 1. The van der Waals surface area contributed by atoms with Crippen LogP contribution in [0.25, 0.3) is 11.1 Å². The number of rotatable bonds is 6. The first-order chi connectivity index (χ1) is 17.2. The minimum absolute atomic E-state index is 0.0649. The normalized spacial score (nSPS) is 14.4. The number of pyridine rings is 1. The molecule has 1 N–H and O–H groups in total. The molecule has 3 aromatic rings. The highest BCUT2D eigenvalue weighted by atomic mass is 16.6. The number of nitrogens with zero attached hydrogens (tertiary/aromatic N) is 3. The smallest absolute Gasteiger partial charge is 0.412 e. The van der Waals surface area contributed by atoms with E-state index in [2.05, 4.69) is 27.1 Å². The standard InChI is InChI=1S/C29H34N4O3/c1-29(2,3)36-28(35)31-25-12-10-22(21-8-6-5-7-9-21)18-24(25)19-26(34)23-11-13-27(30-20-23)33-16-14-32(4)15-17-33/h5-13,18,20H,14-17,19H2,1-4H3,(H,31,35). The molecule has 36 heavy (non-hydrogen) atoms. The maximum atomic E-state index is 13.3. The van der Waals surface area contributed by atoms with Crippen molar-refractivity contribution in [3.63, 3.8) is 0 Å². The molecular formula is C29H34N4O3. The molecular weight excluding hydrogens is 452 g/mol.